The van der Waals surface area contributed by atoms with Gasteiger partial charge in [-0.15, -0.1) is 11.3 Å². The van der Waals surface area contributed by atoms with Gasteiger partial charge >= 0.3 is 5.97 Å². The fourth-order valence-corrected chi connectivity index (χ4v) is 6.14. The van der Waals surface area contributed by atoms with Crippen molar-refractivity contribution in [1.82, 2.24) is 4.57 Å². The summed E-state index contributed by atoms with van der Waals surface area (Å²) in [5, 5.41) is 10.7. The van der Waals surface area contributed by atoms with Crippen molar-refractivity contribution in [3.63, 3.8) is 0 Å². The molecule has 3 aromatic rings. The van der Waals surface area contributed by atoms with E-state index in [2.05, 4.69) is 51.3 Å². The number of carbonyl (C=O) groups excluding carboxylic acids is 1. The molecule has 6 heteroatoms. The predicted octanol–water partition coefficient (Wildman–Crippen LogP) is 7.11. The number of carbonyl (C=O) groups is 1. The minimum absolute atomic E-state index is 0.268. The number of nitriles is 1. The van der Waals surface area contributed by atoms with E-state index in [-0.39, 0.29) is 11.4 Å². The van der Waals surface area contributed by atoms with Gasteiger partial charge in [-0.3, -0.25) is 0 Å². The Morgan fingerprint density at radius 3 is 2.63 bits per heavy atom. The molecule has 0 spiro atoms. The monoisotopic (exact) mass is 487 g/mol. The number of ether oxygens (including phenoxy) is 1. The van der Waals surface area contributed by atoms with Crippen LogP contribution in [-0.2, 0) is 17.6 Å². The van der Waals surface area contributed by atoms with E-state index in [0.717, 1.165) is 52.5 Å². The Labute approximate surface area is 212 Å². The number of aryl methyl sites for hydroxylation is 1. The van der Waals surface area contributed by atoms with Crippen LogP contribution in [0.5, 0.6) is 0 Å². The van der Waals surface area contributed by atoms with Gasteiger partial charge in [0.15, 0.2) is 0 Å². The quantitative estimate of drug-likeness (QED) is 0.285. The van der Waals surface area contributed by atoms with Gasteiger partial charge in [-0.2, -0.15) is 5.26 Å². The lowest BCUT2D eigenvalue weighted by Gasteiger charge is -2.33. The summed E-state index contributed by atoms with van der Waals surface area (Å²) >= 11 is 1.68. The van der Waals surface area contributed by atoms with E-state index in [1.165, 1.54) is 10.4 Å². The highest BCUT2D eigenvalue weighted by atomic mass is 32.1. The van der Waals surface area contributed by atoms with Gasteiger partial charge in [0.05, 0.1) is 17.7 Å². The van der Waals surface area contributed by atoms with Crippen molar-refractivity contribution in [2.45, 2.75) is 60.8 Å². The standard InChI is InChI=1S/C29H33N3O2S/c1-7-34-28(33)20-8-11-23(12-9-20)32-18(2)14-21(19(32)3)17-31-27-25(16-30)24-13-10-22(29(4,5)6)15-26(24)35-27/h8-9,11-12,14,17,22H,7,10,13,15H2,1-6H3/t22-/m0/s1. The van der Waals surface area contributed by atoms with Crippen molar-refractivity contribution in [1.29, 1.82) is 5.26 Å². The van der Waals surface area contributed by atoms with Crippen LogP contribution in [0.15, 0.2) is 35.3 Å². The molecule has 0 aliphatic heterocycles. The molecule has 182 valence electrons. The number of fused-ring (bicyclic) bond motifs is 1. The van der Waals surface area contributed by atoms with Crippen LogP contribution >= 0.6 is 11.3 Å². The topological polar surface area (TPSA) is 67.4 Å². The van der Waals surface area contributed by atoms with Crippen molar-refractivity contribution < 1.29 is 9.53 Å². The van der Waals surface area contributed by atoms with Gasteiger partial charge < -0.3 is 9.30 Å². The van der Waals surface area contributed by atoms with E-state index in [9.17, 15) is 10.1 Å². The smallest absolute Gasteiger partial charge is 0.338 e. The van der Waals surface area contributed by atoms with Gasteiger partial charge in [0.1, 0.15) is 11.1 Å². The van der Waals surface area contributed by atoms with Crippen molar-refractivity contribution in [3.05, 3.63) is 68.9 Å². The molecule has 0 fully saturated rings. The lowest BCUT2D eigenvalue weighted by atomic mass is 9.72. The molecule has 0 saturated carbocycles. The highest BCUT2D eigenvalue weighted by Gasteiger charge is 2.32. The van der Waals surface area contributed by atoms with Gasteiger partial charge in [-0.25, -0.2) is 9.79 Å². The second kappa shape index (κ2) is 9.83. The van der Waals surface area contributed by atoms with Crippen LogP contribution in [-0.4, -0.2) is 23.4 Å². The van der Waals surface area contributed by atoms with Gasteiger partial charge in [-0.1, -0.05) is 20.8 Å². The summed E-state index contributed by atoms with van der Waals surface area (Å²) in [6.45, 7) is 13.2. The van der Waals surface area contributed by atoms with Crippen LogP contribution in [0.2, 0.25) is 0 Å². The van der Waals surface area contributed by atoms with Crippen LogP contribution in [0.4, 0.5) is 5.00 Å². The first-order valence-electron chi connectivity index (χ1n) is 12.2. The zero-order chi connectivity index (χ0) is 25.3. The maximum atomic E-state index is 12.0. The van der Waals surface area contributed by atoms with Gasteiger partial charge in [-0.05, 0) is 87.3 Å². The molecule has 35 heavy (non-hydrogen) atoms. The molecule has 5 nitrogen and oxygen atoms in total. The Kier molecular flexibility index (Phi) is 7.00. The summed E-state index contributed by atoms with van der Waals surface area (Å²) in [7, 11) is 0. The van der Waals surface area contributed by atoms with Crippen LogP contribution in [0.1, 0.15) is 77.4 Å². The van der Waals surface area contributed by atoms with Crippen LogP contribution in [0, 0.1) is 36.5 Å². The molecule has 1 aliphatic carbocycles. The molecule has 0 N–H and O–H groups in total. The minimum atomic E-state index is -0.311. The first kappa shape index (κ1) is 24.9. The fourth-order valence-electron chi connectivity index (χ4n) is 4.92. The normalized spacial score (nSPS) is 15.7. The number of rotatable bonds is 5. The second-order valence-corrected chi connectivity index (χ2v) is 11.4. The second-order valence-electron chi connectivity index (χ2n) is 10.3. The molecule has 2 aromatic heterocycles. The molecular formula is C29H33N3O2S. The van der Waals surface area contributed by atoms with E-state index >= 15 is 0 Å². The molecule has 0 radical (unpaired) electrons. The first-order chi connectivity index (χ1) is 16.6. The number of benzene rings is 1. The number of esters is 1. The van der Waals surface area contributed by atoms with Crippen molar-refractivity contribution in [2.75, 3.05) is 6.61 Å². The molecule has 0 bridgehead atoms. The van der Waals surface area contributed by atoms with Crippen molar-refractivity contribution in [3.8, 4) is 11.8 Å². The average Bonchev–Trinajstić information content (AvgIpc) is 3.32. The fraction of sp³-hybridized carbons (Fsp3) is 0.414. The molecule has 1 aliphatic rings. The Morgan fingerprint density at radius 2 is 2.00 bits per heavy atom. The molecule has 1 aromatic carbocycles. The zero-order valence-corrected chi connectivity index (χ0v) is 22.3. The van der Waals surface area contributed by atoms with Crippen LogP contribution in [0.25, 0.3) is 5.69 Å². The number of hydrogen-bond donors (Lipinski definition) is 0. The Morgan fingerprint density at radius 1 is 1.29 bits per heavy atom. The molecule has 0 unspecified atom stereocenters. The molecule has 0 saturated heterocycles. The molecule has 2 heterocycles. The zero-order valence-electron chi connectivity index (χ0n) is 21.4. The van der Waals surface area contributed by atoms with E-state index in [0.29, 0.717) is 18.1 Å². The summed E-state index contributed by atoms with van der Waals surface area (Å²) in [6.07, 6.45) is 5.00. The first-order valence-corrected chi connectivity index (χ1v) is 13.0. The SMILES string of the molecule is CCOC(=O)c1ccc(-n2c(C)cc(C=Nc3sc4c(c3C#N)CC[C@H](C(C)(C)C)C4)c2C)cc1. The molecular weight excluding hydrogens is 454 g/mol. The third kappa shape index (κ3) is 4.97. The number of aromatic nitrogens is 1. The highest BCUT2D eigenvalue weighted by Crippen LogP contribution is 2.44. The maximum Gasteiger partial charge on any atom is 0.338 e. The highest BCUT2D eigenvalue weighted by molar-refractivity contribution is 7.16. The summed E-state index contributed by atoms with van der Waals surface area (Å²) in [6, 6.07) is 12.0. The van der Waals surface area contributed by atoms with E-state index < -0.39 is 0 Å². The average molecular weight is 488 g/mol. The molecule has 0 amide bonds. The predicted molar refractivity (Wildman–Crippen MR) is 142 cm³/mol. The van der Waals surface area contributed by atoms with Crippen molar-refractivity contribution >= 4 is 28.5 Å². The van der Waals surface area contributed by atoms with E-state index in [4.69, 9.17) is 9.73 Å². The Hall–Kier alpha value is -3.17. The lowest BCUT2D eigenvalue weighted by Crippen LogP contribution is -2.26. The number of thiophene rings is 1. The number of aliphatic imine (C=N–C) groups is 1. The summed E-state index contributed by atoms with van der Waals surface area (Å²) in [5.74, 6) is 0.319. The number of hydrogen-bond acceptors (Lipinski definition) is 5. The summed E-state index contributed by atoms with van der Waals surface area (Å²) in [4.78, 5) is 18.1. The molecule has 1 atom stereocenters. The van der Waals surface area contributed by atoms with Crippen LogP contribution < -0.4 is 0 Å². The van der Waals surface area contributed by atoms with Crippen LogP contribution in [0.3, 0.4) is 0 Å². The van der Waals surface area contributed by atoms with E-state index in [1.54, 1.807) is 30.4 Å². The molecule has 4 rings (SSSR count). The lowest BCUT2D eigenvalue weighted by molar-refractivity contribution is 0.0526. The minimum Gasteiger partial charge on any atom is -0.462 e. The summed E-state index contributed by atoms with van der Waals surface area (Å²) < 4.78 is 7.23. The number of nitrogens with zero attached hydrogens (tertiary/aromatic N) is 3. The maximum absolute atomic E-state index is 12.0. The van der Waals surface area contributed by atoms with E-state index in [1.807, 2.05) is 18.3 Å². The third-order valence-electron chi connectivity index (χ3n) is 7.01. The van der Waals surface area contributed by atoms with Gasteiger partial charge in [0.25, 0.3) is 0 Å². The third-order valence-corrected chi connectivity index (χ3v) is 8.17. The van der Waals surface area contributed by atoms with Crippen molar-refractivity contribution in [2.24, 2.45) is 16.3 Å². The Bertz CT molecular complexity index is 1310. The largest absolute Gasteiger partial charge is 0.462 e. The van der Waals surface area contributed by atoms with Gasteiger partial charge in [0, 0.05) is 33.7 Å². The summed E-state index contributed by atoms with van der Waals surface area (Å²) in [5.41, 5.74) is 6.89. The van der Waals surface area contributed by atoms with Gasteiger partial charge in [0.2, 0.25) is 0 Å². The Balaban J connectivity index is 1.61.